The molecule has 0 saturated carbocycles. The van der Waals surface area contributed by atoms with Crippen LogP contribution in [-0.2, 0) is 6.54 Å². The van der Waals surface area contributed by atoms with Gasteiger partial charge in [-0.2, -0.15) is 0 Å². The third-order valence-corrected chi connectivity index (χ3v) is 3.89. The van der Waals surface area contributed by atoms with Crippen molar-refractivity contribution in [2.24, 2.45) is 5.92 Å². The van der Waals surface area contributed by atoms with Gasteiger partial charge in [0.15, 0.2) is 11.6 Å². The van der Waals surface area contributed by atoms with E-state index in [0.717, 1.165) is 31.7 Å². The van der Waals surface area contributed by atoms with Crippen LogP contribution in [0.5, 0.6) is 5.75 Å². The Balaban J connectivity index is 2.00. The summed E-state index contributed by atoms with van der Waals surface area (Å²) in [6, 6.07) is 5.84. The van der Waals surface area contributed by atoms with Gasteiger partial charge >= 0.3 is 0 Å². The van der Waals surface area contributed by atoms with Gasteiger partial charge in [-0.15, -0.1) is 0 Å². The Morgan fingerprint density at radius 2 is 2.24 bits per heavy atom. The number of halogens is 1. The number of rotatable bonds is 7. The lowest BCUT2D eigenvalue weighted by molar-refractivity contribution is 0.216. The molecule has 4 heteroatoms. The smallest absolute Gasteiger partial charge is 0.165 e. The fraction of sp³-hybridized carbons (Fsp3) is 0.647. The maximum absolute atomic E-state index is 13.8. The van der Waals surface area contributed by atoms with E-state index in [0.29, 0.717) is 17.7 Å². The van der Waals surface area contributed by atoms with Crippen LogP contribution in [-0.4, -0.2) is 37.7 Å². The fourth-order valence-electron chi connectivity index (χ4n) is 3.01. The number of ether oxygens (including phenoxy) is 1. The molecule has 1 aliphatic rings. The molecule has 0 spiro atoms. The van der Waals surface area contributed by atoms with E-state index < -0.39 is 0 Å². The summed E-state index contributed by atoms with van der Waals surface area (Å²) < 4.78 is 18.8. The average molecular weight is 294 g/mol. The van der Waals surface area contributed by atoms with Crippen LogP contribution in [0, 0.1) is 11.7 Å². The molecule has 21 heavy (non-hydrogen) atoms. The zero-order chi connectivity index (χ0) is 15.2. The molecule has 1 heterocycles. The quantitative estimate of drug-likeness (QED) is 0.836. The summed E-state index contributed by atoms with van der Waals surface area (Å²) in [6.45, 7) is 8.43. The molecule has 1 atom stereocenters. The molecular weight excluding hydrogens is 267 g/mol. The van der Waals surface area contributed by atoms with Crippen LogP contribution in [0.25, 0.3) is 0 Å². The van der Waals surface area contributed by atoms with Crippen molar-refractivity contribution in [3.63, 3.8) is 0 Å². The van der Waals surface area contributed by atoms with Crippen LogP contribution in [0.2, 0.25) is 0 Å². The lowest BCUT2D eigenvalue weighted by Crippen LogP contribution is -2.39. The van der Waals surface area contributed by atoms with Gasteiger partial charge in [0.05, 0.1) is 7.11 Å². The highest BCUT2D eigenvalue weighted by atomic mass is 19.1. The van der Waals surface area contributed by atoms with Crippen molar-refractivity contribution in [1.29, 1.82) is 0 Å². The van der Waals surface area contributed by atoms with E-state index in [4.69, 9.17) is 4.74 Å². The van der Waals surface area contributed by atoms with Crippen molar-refractivity contribution < 1.29 is 9.13 Å². The molecule has 1 aliphatic heterocycles. The van der Waals surface area contributed by atoms with Crippen LogP contribution in [0.1, 0.15) is 32.3 Å². The molecule has 1 fully saturated rings. The Morgan fingerprint density at radius 3 is 2.81 bits per heavy atom. The number of benzene rings is 1. The van der Waals surface area contributed by atoms with Gasteiger partial charge in [0.25, 0.3) is 0 Å². The normalized spacial score (nSPS) is 18.7. The summed E-state index contributed by atoms with van der Waals surface area (Å²) in [4.78, 5) is 2.43. The Bertz CT molecular complexity index is 444. The van der Waals surface area contributed by atoms with Gasteiger partial charge in [0.1, 0.15) is 0 Å². The predicted octanol–water partition coefficient (Wildman–Crippen LogP) is 3.04. The van der Waals surface area contributed by atoms with Crippen molar-refractivity contribution in [2.75, 3.05) is 26.7 Å². The first-order valence-electron chi connectivity index (χ1n) is 7.86. The Hall–Kier alpha value is -1.13. The minimum atomic E-state index is -0.279. The number of nitrogens with one attached hydrogen (secondary N) is 1. The van der Waals surface area contributed by atoms with Gasteiger partial charge in [-0.3, -0.25) is 4.90 Å². The van der Waals surface area contributed by atoms with Crippen molar-refractivity contribution in [3.05, 3.63) is 29.6 Å². The number of methoxy groups -OCH3 is 1. The van der Waals surface area contributed by atoms with E-state index in [1.807, 2.05) is 6.07 Å². The lowest BCUT2D eigenvalue weighted by atomic mass is 10.1. The first kappa shape index (κ1) is 16.2. The third kappa shape index (κ3) is 4.97. The first-order chi connectivity index (χ1) is 10.1. The maximum atomic E-state index is 13.8. The van der Waals surface area contributed by atoms with Crippen molar-refractivity contribution in [3.8, 4) is 5.75 Å². The Morgan fingerprint density at radius 1 is 1.43 bits per heavy atom. The van der Waals surface area contributed by atoms with Crippen molar-refractivity contribution in [2.45, 2.75) is 39.3 Å². The second kappa shape index (κ2) is 7.76. The number of nitrogens with zero attached hydrogens (tertiary/aromatic N) is 1. The Labute approximate surface area is 127 Å². The summed E-state index contributed by atoms with van der Waals surface area (Å²) in [5.41, 5.74) is 1.01. The van der Waals surface area contributed by atoms with Gasteiger partial charge in [0, 0.05) is 25.7 Å². The summed E-state index contributed by atoms with van der Waals surface area (Å²) in [6.07, 6.45) is 2.50. The molecule has 1 aromatic carbocycles. The van der Waals surface area contributed by atoms with Gasteiger partial charge in [-0.25, -0.2) is 4.39 Å². The summed E-state index contributed by atoms with van der Waals surface area (Å²) in [7, 11) is 1.49. The summed E-state index contributed by atoms with van der Waals surface area (Å²) >= 11 is 0. The molecule has 0 aliphatic carbocycles. The molecular formula is C17H27FN2O. The molecule has 118 valence electrons. The van der Waals surface area contributed by atoms with Crippen molar-refractivity contribution >= 4 is 0 Å². The second-order valence-electron chi connectivity index (χ2n) is 6.35. The second-order valence-corrected chi connectivity index (χ2v) is 6.35. The van der Waals surface area contributed by atoms with E-state index in [1.165, 1.54) is 20.0 Å². The van der Waals surface area contributed by atoms with Gasteiger partial charge < -0.3 is 10.1 Å². The molecule has 0 bridgehead atoms. The van der Waals surface area contributed by atoms with Crippen LogP contribution >= 0.6 is 0 Å². The standard InChI is InChI=1S/C17H27FN2O/c1-13(2)10-20(12-15-5-4-8-19-15)11-14-6-7-17(21-3)16(18)9-14/h6-7,9,13,15,19H,4-5,8,10-12H2,1-3H3. The third-order valence-electron chi connectivity index (χ3n) is 3.89. The van der Waals surface area contributed by atoms with Crippen LogP contribution in [0.4, 0.5) is 4.39 Å². The van der Waals surface area contributed by atoms with Gasteiger partial charge in [-0.05, 0) is 43.0 Å². The molecule has 0 radical (unpaired) electrons. The van der Waals surface area contributed by atoms with E-state index >= 15 is 0 Å². The van der Waals surface area contributed by atoms with E-state index in [9.17, 15) is 4.39 Å². The molecule has 2 rings (SSSR count). The molecule has 1 aromatic rings. The van der Waals surface area contributed by atoms with E-state index in [2.05, 4.69) is 24.1 Å². The number of hydrogen-bond acceptors (Lipinski definition) is 3. The van der Waals surface area contributed by atoms with Gasteiger partial charge in [-0.1, -0.05) is 19.9 Å². The molecule has 1 N–H and O–H groups in total. The van der Waals surface area contributed by atoms with Crippen molar-refractivity contribution in [1.82, 2.24) is 10.2 Å². The molecule has 1 saturated heterocycles. The molecule has 0 amide bonds. The minimum Gasteiger partial charge on any atom is -0.494 e. The van der Waals surface area contributed by atoms with Crippen LogP contribution < -0.4 is 10.1 Å². The number of hydrogen-bond donors (Lipinski definition) is 1. The van der Waals surface area contributed by atoms with Crippen LogP contribution in [0.15, 0.2) is 18.2 Å². The lowest BCUT2D eigenvalue weighted by Gasteiger charge is -2.27. The molecule has 3 nitrogen and oxygen atoms in total. The summed E-state index contributed by atoms with van der Waals surface area (Å²) in [5, 5.41) is 3.54. The first-order valence-corrected chi connectivity index (χ1v) is 7.86. The molecule has 0 aromatic heterocycles. The van der Waals surface area contributed by atoms with Crippen LogP contribution in [0.3, 0.4) is 0 Å². The highest BCUT2D eigenvalue weighted by Crippen LogP contribution is 2.19. The maximum Gasteiger partial charge on any atom is 0.165 e. The SMILES string of the molecule is COc1ccc(CN(CC(C)C)CC2CCCN2)cc1F. The Kier molecular flexibility index (Phi) is 6.00. The van der Waals surface area contributed by atoms with E-state index in [1.54, 1.807) is 12.1 Å². The highest BCUT2D eigenvalue weighted by molar-refractivity contribution is 5.29. The monoisotopic (exact) mass is 294 g/mol. The van der Waals surface area contributed by atoms with Gasteiger partial charge in [0.2, 0.25) is 0 Å². The molecule has 1 unspecified atom stereocenters. The summed E-state index contributed by atoms with van der Waals surface area (Å²) in [5.74, 6) is 0.639. The highest BCUT2D eigenvalue weighted by Gasteiger charge is 2.19. The predicted molar refractivity (Wildman–Crippen MR) is 84.1 cm³/mol. The fourth-order valence-corrected chi connectivity index (χ4v) is 3.01. The largest absolute Gasteiger partial charge is 0.494 e. The topological polar surface area (TPSA) is 24.5 Å². The van der Waals surface area contributed by atoms with E-state index in [-0.39, 0.29) is 5.82 Å². The zero-order valence-corrected chi connectivity index (χ0v) is 13.4. The average Bonchev–Trinajstić information content (AvgIpc) is 2.91. The minimum absolute atomic E-state index is 0.279. The zero-order valence-electron chi connectivity index (χ0n) is 13.4.